The molecule has 2 heterocycles. The lowest BCUT2D eigenvalue weighted by Gasteiger charge is -2.11. The molecule has 0 saturated carbocycles. The maximum absolute atomic E-state index is 11.7. The lowest BCUT2D eigenvalue weighted by Crippen LogP contribution is -2.25. The van der Waals surface area contributed by atoms with E-state index in [4.69, 9.17) is 0 Å². The van der Waals surface area contributed by atoms with E-state index >= 15 is 0 Å². The molecule has 0 aliphatic carbocycles. The third kappa shape index (κ3) is 2.52. The van der Waals surface area contributed by atoms with E-state index in [1.165, 1.54) is 4.31 Å². The summed E-state index contributed by atoms with van der Waals surface area (Å²) in [5, 5.41) is 4.31. The van der Waals surface area contributed by atoms with Gasteiger partial charge in [-0.25, -0.2) is 18.1 Å². The van der Waals surface area contributed by atoms with Crippen molar-refractivity contribution in [1.29, 1.82) is 0 Å². The minimum absolute atomic E-state index is 0.229. The Morgan fingerprint density at radius 2 is 2.00 bits per heavy atom. The van der Waals surface area contributed by atoms with Crippen molar-refractivity contribution in [2.75, 3.05) is 12.3 Å². The molecule has 7 heteroatoms. The van der Waals surface area contributed by atoms with Gasteiger partial charge < -0.3 is 0 Å². The van der Waals surface area contributed by atoms with Crippen LogP contribution in [0.25, 0.3) is 5.69 Å². The van der Waals surface area contributed by atoms with Crippen LogP contribution in [0.5, 0.6) is 0 Å². The summed E-state index contributed by atoms with van der Waals surface area (Å²) in [6.45, 7) is 0.810. The van der Waals surface area contributed by atoms with Crippen molar-refractivity contribution >= 4 is 10.0 Å². The Morgan fingerprint density at radius 3 is 2.68 bits per heavy atom. The number of sulfonamides is 1. The van der Waals surface area contributed by atoms with E-state index < -0.39 is 10.0 Å². The Bertz CT molecular complexity index is 666. The van der Waals surface area contributed by atoms with Gasteiger partial charge in [0.1, 0.15) is 6.33 Å². The van der Waals surface area contributed by atoms with Gasteiger partial charge in [-0.05, 0) is 18.6 Å². The molecule has 1 aromatic heterocycles. The lowest BCUT2D eigenvalue weighted by molar-refractivity contribution is 0.429. The largest absolute Gasteiger partial charge is 0.221 e. The zero-order valence-electron chi connectivity index (χ0n) is 10.3. The van der Waals surface area contributed by atoms with Gasteiger partial charge in [0.15, 0.2) is 5.82 Å². The molecular formula is C12H14N4O2S. The monoisotopic (exact) mass is 278 g/mol. The van der Waals surface area contributed by atoms with Gasteiger partial charge in [0.2, 0.25) is 10.0 Å². The third-order valence-corrected chi connectivity index (χ3v) is 4.98. The second kappa shape index (κ2) is 4.75. The number of nitrogens with zero attached hydrogens (tertiary/aromatic N) is 4. The number of para-hydroxylation sites is 1. The maximum Gasteiger partial charge on any atom is 0.214 e. The molecule has 0 bridgehead atoms. The lowest BCUT2D eigenvalue weighted by atomic mass is 10.3. The minimum Gasteiger partial charge on any atom is -0.221 e. The van der Waals surface area contributed by atoms with Gasteiger partial charge in [-0.1, -0.05) is 18.2 Å². The Balaban J connectivity index is 1.79. The van der Waals surface area contributed by atoms with Crippen molar-refractivity contribution < 1.29 is 8.42 Å². The van der Waals surface area contributed by atoms with E-state index in [1.807, 2.05) is 30.3 Å². The highest BCUT2D eigenvalue weighted by Crippen LogP contribution is 2.15. The summed E-state index contributed by atoms with van der Waals surface area (Å²) in [4.78, 5) is 4.17. The van der Waals surface area contributed by atoms with Crippen LogP contribution < -0.4 is 0 Å². The van der Waals surface area contributed by atoms with Gasteiger partial charge >= 0.3 is 0 Å². The van der Waals surface area contributed by atoms with Crippen LogP contribution in [0.15, 0.2) is 36.7 Å². The number of benzene rings is 1. The fourth-order valence-electron chi connectivity index (χ4n) is 2.10. The molecule has 100 valence electrons. The zero-order valence-corrected chi connectivity index (χ0v) is 11.1. The van der Waals surface area contributed by atoms with Gasteiger partial charge in [0, 0.05) is 6.54 Å². The van der Waals surface area contributed by atoms with Crippen LogP contribution in [-0.4, -0.2) is 39.8 Å². The molecule has 3 rings (SSSR count). The molecule has 1 saturated heterocycles. The molecule has 1 aliphatic rings. The van der Waals surface area contributed by atoms with Gasteiger partial charge in [0.25, 0.3) is 0 Å². The summed E-state index contributed by atoms with van der Waals surface area (Å²) in [6, 6.07) is 9.61. The Kier molecular flexibility index (Phi) is 3.08. The highest BCUT2D eigenvalue weighted by atomic mass is 32.2. The first-order valence-electron chi connectivity index (χ1n) is 6.09. The third-order valence-electron chi connectivity index (χ3n) is 3.08. The van der Waals surface area contributed by atoms with Crippen LogP contribution in [0.3, 0.4) is 0 Å². The predicted octanol–water partition coefficient (Wildman–Crippen LogP) is 0.803. The van der Waals surface area contributed by atoms with Crippen LogP contribution in [0.1, 0.15) is 12.2 Å². The first kappa shape index (κ1) is 12.3. The molecule has 0 N–H and O–H groups in total. The fraction of sp³-hybridized carbons (Fsp3) is 0.333. The Labute approximate surface area is 111 Å². The molecular weight excluding hydrogens is 264 g/mol. The highest BCUT2D eigenvalue weighted by molar-refractivity contribution is 7.89. The molecule has 1 aliphatic heterocycles. The van der Waals surface area contributed by atoms with Crippen molar-refractivity contribution in [2.45, 2.75) is 13.0 Å². The predicted molar refractivity (Wildman–Crippen MR) is 70.2 cm³/mol. The van der Waals surface area contributed by atoms with E-state index in [2.05, 4.69) is 10.1 Å². The van der Waals surface area contributed by atoms with Crippen molar-refractivity contribution in [2.24, 2.45) is 0 Å². The Morgan fingerprint density at radius 1 is 1.21 bits per heavy atom. The SMILES string of the molecule is O=S1(=O)CCCN1Cc1ncn(-c2ccccc2)n1. The van der Waals surface area contributed by atoms with Crippen LogP contribution in [0.2, 0.25) is 0 Å². The van der Waals surface area contributed by atoms with Crippen molar-refractivity contribution in [3.8, 4) is 5.69 Å². The van der Waals surface area contributed by atoms with E-state index in [-0.39, 0.29) is 12.3 Å². The molecule has 0 atom stereocenters. The summed E-state index contributed by atoms with van der Waals surface area (Å²) in [6.07, 6.45) is 2.29. The normalized spacial score (nSPS) is 18.7. The van der Waals surface area contributed by atoms with Gasteiger partial charge in [-0.3, -0.25) is 0 Å². The molecule has 1 aromatic carbocycles. The number of hydrogen-bond donors (Lipinski definition) is 0. The second-order valence-electron chi connectivity index (χ2n) is 4.44. The number of hydrogen-bond acceptors (Lipinski definition) is 4. The molecule has 0 amide bonds. The molecule has 2 aromatic rings. The summed E-state index contributed by atoms with van der Waals surface area (Å²) in [5.74, 6) is 0.751. The Hall–Kier alpha value is -1.73. The number of aromatic nitrogens is 3. The fourth-order valence-corrected chi connectivity index (χ4v) is 3.57. The molecule has 6 nitrogen and oxygen atoms in total. The van der Waals surface area contributed by atoms with Crippen molar-refractivity contribution in [3.63, 3.8) is 0 Å². The summed E-state index contributed by atoms with van der Waals surface area (Å²) >= 11 is 0. The first-order valence-corrected chi connectivity index (χ1v) is 7.70. The van der Waals surface area contributed by atoms with Crippen LogP contribution in [0.4, 0.5) is 0 Å². The average molecular weight is 278 g/mol. The van der Waals surface area contributed by atoms with Gasteiger partial charge in [0.05, 0.1) is 18.0 Å². The summed E-state index contributed by atoms with van der Waals surface area (Å²) in [7, 11) is -3.10. The van der Waals surface area contributed by atoms with Crippen LogP contribution in [-0.2, 0) is 16.6 Å². The molecule has 19 heavy (non-hydrogen) atoms. The minimum atomic E-state index is -3.10. The quantitative estimate of drug-likeness (QED) is 0.833. The molecule has 0 unspecified atom stereocenters. The average Bonchev–Trinajstić information content (AvgIpc) is 2.99. The van der Waals surface area contributed by atoms with Crippen LogP contribution in [0, 0.1) is 0 Å². The second-order valence-corrected chi connectivity index (χ2v) is 6.53. The van der Waals surface area contributed by atoms with Crippen molar-refractivity contribution in [3.05, 3.63) is 42.5 Å². The first-order chi connectivity index (χ1) is 9.15. The van der Waals surface area contributed by atoms with E-state index in [9.17, 15) is 8.42 Å². The number of rotatable bonds is 3. The molecule has 0 radical (unpaired) electrons. The summed E-state index contributed by atoms with van der Waals surface area (Å²) < 4.78 is 26.5. The van der Waals surface area contributed by atoms with Crippen molar-refractivity contribution in [1.82, 2.24) is 19.1 Å². The topological polar surface area (TPSA) is 68.1 Å². The van der Waals surface area contributed by atoms with E-state index in [0.29, 0.717) is 18.8 Å². The zero-order chi connectivity index (χ0) is 13.3. The standard InChI is InChI=1S/C12H14N4O2S/c17-19(18)8-4-7-15(19)9-12-13-10-16(14-12)11-5-2-1-3-6-11/h1-3,5-6,10H,4,7-9H2. The molecule has 1 fully saturated rings. The molecule has 0 spiro atoms. The van der Waals surface area contributed by atoms with Gasteiger partial charge in [-0.2, -0.15) is 4.31 Å². The van der Waals surface area contributed by atoms with E-state index in [1.54, 1.807) is 11.0 Å². The smallest absolute Gasteiger partial charge is 0.214 e. The van der Waals surface area contributed by atoms with Gasteiger partial charge in [-0.15, -0.1) is 5.10 Å². The highest BCUT2D eigenvalue weighted by Gasteiger charge is 2.29. The maximum atomic E-state index is 11.7. The van der Waals surface area contributed by atoms with Crippen LogP contribution >= 0.6 is 0 Å². The van der Waals surface area contributed by atoms with E-state index in [0.717, 1.165) is 5.69 Å². The summed E-state index contributed by atoms with van der Waals surface area (Å²) in [5.41, 5.74) is 0.908.